The summed E-state index contributed by atoms with van der Waals surface area (Å²) in [5.74, 6) is -0.528. The quantitative estimate of drug-likeness (QED) is 0.756. The summed E-state index contributed by atoms with van der Waals surface area (Å²) < 4.78 is 13.8. The SMILES string of the molecule is CCNC(=O)c1ccc(Nc2c(C)cccc2F)c(N)c1. The number of anilines is 3. The van der Waals surface area contributed by atoms with E-state index < -0.39 is 0 Å². The first kappa shape index (κ1) is 14.8. The third-order valence-electron chi connectivity index (χ3n) is 3.13. The van der Waals surface area contributed by atoms with E-state index in [1.807, 2.05) is 19.9 Å². The van der Waals surface area contributed by atoms with Crippen LogP contribution in [0.5, 0.6) is 0 Å². The van der Waals surface area contributed by atoms with Crippen molar-refractivity contribution in [3.05, 3.63) is 53.3 Å². The molecule has 0 aliphatic rings. The highest BCUT2D eigenvalue weighted by atomic mass is 19.1. The lowest BCUT2D eigenvalue weighted by Crippen LogP contribution is -2.22. The number of amides is 1. The average Bonchev–Trinajstić information content (AvgIpc) is 2.44. The Bertz CT molecular complexity index is 650. The molecule has 0 bridgehead atoms. The van der Waals surface area contributed by atoms with Gasteiger partial charge in [0.05, 0.1) is 17.1 Å². The number of benzene rings is 2. The van der Waals surface area contributed by atoms with E-state index in [2.05, 4.69) is 10.6 Å². The molecule has 110 valence electrons. The number of aryl methyl sites for hydroxylation is 1. The van der Waals surface area contributed by atoms with Gasteiger partial charge in [0.1, 0.15) is 5.82 Å². The van der Waals surface area contributed by atoms with Crippen molar-refractivity contribution in [1.29, 1.82) is 0 Å². The Morgan fingerprint density at radius 1 is 1.29 bits per heavy atom. The summed E-state index contributed by atoms with van der Waals surface area (Å²) >= 11 is 0. The van der Waals surface area contributed by atoms with E-state index in [9.17, 15) is 9.18 Å². The van der Waals surface area contributed by atoms with Gasteiger partial charge < -0.3 is 16.4 Å². The second kappa shape index (κ2) is 6.26. The smallest absolute Gasteiger partial charge is 0.251 e. The van der Waals surface area contributed by atoms with Crippen LogP contribution in [0.4, 0.5) is 21.5 Å². The van der Waals surface area contributed by atoms with Gasteiger partial charge in [-0.3, -0.25) is 4.79 Å². The topological polar surface area (TPSA) is 67.2 Å². The molecule has 0 unspecified atom stereocenters. The second-order valence-electron chi connectivity index (χ2n) is 4.72. The molecule has 2 aromatic carbocycles. The monoisotopic (exact) mass is 287 g/mol. The third-order valence-corrected chi connectivity index (χ3v) is 3.13. The zero-order valence-electron chi connectivity index (χ0n) is 12.0. The van der Waals surface area contributed by atoms with Gasteiger partial charge in [0.25, 0.3) is 5.91 Å². The molecule has 2 rings (SSSR count). The van der Waals surface area contributed by atoms with Gasteiger partial charge in [-0.2, -0.15) is 0 Å². The number of carbonyl (C=O) groups excluding carboxylic acids is 1. The molecule has 4 N–H and O–H groups in total. The first-order valence-electron chi connectivity index (χ1n) is 6.72. The minimum atomic E-state index is -0.345. The zero-order valence-corrected chi connectivity index (χ0v) is 12.0. The molecule has 0 saturated carbocycles. The second-order valence-corrected chi connectivity index (χ2v) is 4.72. The minimum absolute atomic E-state index is 0.183. The molecule has 0 radical (unpaired) electrons. The predicted molar refractivity (Wildman–Crippen MR) is 83.3 cm³/mol. The first-order valence-corrected chi connectivity index (χ1v) is 6.72. The number of carbonyl (C=O) groups is 1. The summed E-state index contributed by atoms with van der Waals surface area (Å²) in [5.41, 5.74) is 8.54. The maximum atomic E-state index is 13.8. The van der Waals surface area contributed by atoms with Gasteiger partial charge in [-0.05, 0) is 43.7 Å². The molecule has 0 aromatic heterocycles. The van der Waals surface area contributed by atoms with Crippen LogP contribution in [0.1, 0.15) is 22.8 Å². The van der Waals surface area contributed by atoms with Gasteiger partial charge in [-0.15, -0.1) is 0 Å². The molecule has 0 spiro atoms. The molecule has 0 saturated heterocycles. The van der Waals surface area contributed by atoms with Crippen molar-refractivity contribution in [3.8, 4) is 0 Å². The maximum absolute atomic E-state index is 13.8. The Morgan fingerprint density at radius 2 is 2.05 bits per heavy atom. The lowest BCUT2D eigenvalue weighted by atomic mass is 10.1. The molecule has 4 nitrogen and oxygen atoms in total. The van der Waals surface area contributed by atoms with E-state index >= 15 is 0 Å². The number of hydrogen-bond acceptors (Lipinski definition) is 3. The van der Waals surface area contributed by atoms with E-state index in [4.69, 9.17) is 5.73 Å². The molecule has 0 heterocycles. The number of halogens is 1. The van der Waals surface area contributed by atoms with Crippen LogP contribution >= 0.6 is 0 Å². The van der Waals surface area contributed by atoms with Crippen LogP contribution in [-0.2, 0) is 0 Å². The number of nitrogens with two attached hydrogens (primary N) is 1. The fourth-order valence-electron chi connectivity index (χ4n) is 2.01. The zero-order chi connectivity index (χ0) is 15.4. The maximum Gasteiger partial charge on any atom is 0.251 e. The first-order chi connectivity index (χ1) is 10.0. The third kappa shape index (κ3) is 3.31. The van der Waals surface area contributed by atoms with Crippen molar-refractivity contribution >= 4 is 23.0 Å². The Kier molecular flexibility index (Phi) is 4.42. The Hall–Kier alpha value is -2.56. The van der Waals surface area contributed by atoms with E-state index in [0.29, 0.717) is 29.2 Å². The van der Waals surface area contributed by atoms with Crippen molar-refractivity contribution < 1.29 is 9.18 Å². The van der Waals surface area contributed by atoms with Gasteiger partial charge in [0.2, 0.25) is 0 Å². The summed E-state index contributed by atoms with van der Waals surface area (Å²) in [4.78, 5) is 11.7. The molecule has 0 fully saturated rings. The molecule has 0 atom stereocenters. The van der Waals surface area contributed by atoms with Crippen LogP contribution in [0.2, 0.25) is 0 Å². The molecule has 5 heteroatoms. The highest BCUT2D eigenvalue weighted by molar-refractivity contribution is 5.96. The van der Waals surface area contributed by atoms with Gasteiger partial charge in [-0.25, -0.2) is 4.39 Å². The van der Waals surface area contributed by atoms with Crippen molar-refractivity contribution in [2.45, 2.75) is 13.8 Å². The van der Waals surface area contributed by atoms with Gasteiger partial charge >= 0.3 is 0 Å². The lowest BCUT2D eigenvalue weighted by Gasteiger charge is -2.13. The predicted octanol–water partition coefficient (Wildman–Crippen LogP) is 3.21. The molecule has 21 heavy (non-hydrogen) atoms. The summed E-state index contributed by atoms with van der Waals surface area (Å²) in [6.45, 7) is 4.20. The summed E-state index contributed by atoms with van der Waals surface area (Å²) in [6, 6.07) is 9.74. The number of hydrogen-bond donors (Lipinski definition) is 3. The van der Waals surface area contributed by atoms with Crippen LogP contribution in [-0.4, -0.2) is 12.5 Å². The van der Waals surface area contributed by atoms with Gasteiger partial charge in [0, 0.05) is 12.1 Å². The highest BCUT2D eigenvalue weighted by Crippen LogP contribution is 2.28. The summed E-state index contributed by atoms with van der Waals surface area (Å²) in [5, 5.41) is 5.68. The van der Waals surface area contributed by atoms with Crippen LogP contribution < -0.4 is 16.4 Å². The normalized spacial score (nSPS) is 10.2. The Morgan fingerprint density at radius 3 is 2.67 bits per heavy atom. The highest BCUT2D eigenvalue weighted by Gasteiger charge is 2.10. The number of nitrogen functional groups attached to an aromatic ring is 1. The van der Waals surface area contributed by atoms with E-state index in [1.165, 1.54) is 6.07 Å². The molecular formula is C16H18FN3O. The van der Waals surface area contributed by atoms with Crippen molar-refractivity contribution in [1.82, 2.24) is 5.32 Å². The van der Waals surface area contributed by atoms with Crippen molar-refractivity contribution in [2.75, 3.05) is 17.6 Å². The van der Waals surface area contributed by atoms with Crippen molar-refractivity contribution in [2.24, 2.45) is 0 Å². The fourth-order valence-corrected chi connectivity index (χ4v) is 2.01. The summed E-state index contributed by atoms with van der Waals surface area (Å²) in [7, 11) is 0. The molecule has 0 aliphatic heterocycles. The van der Waals surface area contributed by atoms with Crippen LogP contribution in [0.25, 0.3) is 0 Å². The minimum Gasteiger partial charge on any atom is -0.397 e. The van der Waals surface area contributed by atoms with Gasteiger partial charge in [-0.1, -0.05) is 12.1 Å². The number of para-hydroxylation sites is 1. The Balaban J connectivity index is 2.28. The van der Waals surface area contributed by atoms with E-state index in [0.717, 1.165) is 5.56 Å². The number of rotatable bonds is 4. The average molecular weight is 287 g/mol. The Labute approximate surface area is 123 Å². The standard InChI is InChI=1S/C16H18FN3O/c1-3-19-16(21)11-7-8-14(13(18)9-11)20-15-10(2)5-4-6-12(15)17/h4-9,20H,3,18H2,1-2H3,(H,19,21). The lowest BCUT2D eigenvalue weighted by molar-refractivity contribution is 0.0956. The van der Waals surface area contributed by atoms with Gasteiger partial charge in [0.15, 0.2) is 0 Å². The molecule has 1 amide bonds. The fraction of sp³-hybridized carbons (Fsp3) is 0.188. The van der Waals surface area contributed by atoms with E-state index in [1.54, 1.807) is 24.3 Å². The summed E-state index contributed by atoms with van der Waals surface area (Å²) in [6.07, 6.45) is 0. The van der Waals surface area contributed by atoms with E-state index in [-0.39, 0.29) is 11.7 Å². The number of nitrogens with one attached hydrogen (secondary N) is 2. The van der Waals surface area contributed by atoms with Crippen molar-refractivity contribution in [3.63, 3.8) is 0 Å². The molecule has 2 aromatic rings. The van der Waals surface area contributed by atoms with Crippen LogP contribution in [0.3, 0.4) is 0 Å². The van der Waals surface area contributed by atoms with Crippen LogP contribution in [0, 0.1) is 12.7 Å². The largest absolute Gasteiger partial charge is 0.397 e. The molecular weight excluding hydrogens is 269 g/mol. The van der Waals surface area contributed by atoms with Crippen LogP contribution in [0.15, 0.2) is 36.4 Å². The molecule has 0 aliphatic carbocycles.